The van der Waals surface area contributed by atoms with Gasteiger partial charge in [-0.05, 0) is 24.3 Å². The fourth-order valence-electron chi connectivity index (χ4n) is 1.43. The minimum atomic E-state index is -4.40. The third-order valence-electron chi connectivity index (χ3n) is 2.44. The van der Waals surface area contributed by atoms with Gasteiger partial charge in [0.15, 0.2) is 5.76 Å². The summed E-state index contributed by atoms with van der Waals surface area (Å²) in [5, 5.41) is 0.421. The molecule has 112 valence electrons. The van der Waals surface area contributed by atoms with Crippen molar-refractivity contribution in [1.82, 2.24) is 10.4 Å². The Kier molecular flexibility index (Phi) is 4.53. The second-order valence-electron chi connectivity index (χ2n) is 3.91. The number of nitrogen functional groups attached to an aromatic ring is 1. The third kappa shape index (κ3) is 3.99. The van der Waals surface area contributed by atoms with Gasteiger partial charge in [-0.3, -0.25) is 10.2 Å². The maximum atomic E-state index is 12.4. The average molecular weight is 317 g/mol. The zero-order valence-electron chi connectivity index (χ0n) is 10.5. The van der Waals surface area contributed by atoms with E-state index in [0.29, 0.717) is 16.5 Å². The lowest BCUT2D eigenvalue weighted by molar-refractivity contribution is -0.137. The van der Waals surface area contributed by atoms with Crippen LogP contribution in [0.3, 0.4) is 0 Å². The van der Waals surface area contributed by atoms with Crippen molar-refractivity contribution >= 4 is 17.7 Å². The molecule has 0 aliphatic carbocycles. The molecule has 0 saturated carbocycles. The van der Waals surface area contributed by atoms with Gasteiger partial charge in [0, 0.05) is 6.20 Å². The van der Waals surface area contributed by atoms with Gasteiger partial charge in [0.2, 0.25) is 0 Å². The van der Waals surface area contributed by atoms with Crippen LogP contribution in [0, 0.1) is 0 Å². The monoisotopic (exact) mass is 317 g/mol. The number of amides is 1. The third-order valence-corrected chi connectivity index (χ3v) is 3.41. The number of furan rings is 1. The standard InChI is InChI=1S/C12H10F3N3O2S/c13-12(14,15)7-1-4-10(17-5-7)21-6-8-2-3-9(20-8)11(19)18-16/h1-5H,6,16H2,(H,18,19). The molecule has 3 N–H and O–H groups in total. The molecular weight excluding hydrogens is 307 g/mol. The normalized spacial score (nSPS) is 11.4. The average Bonchev–Trinajstić information content (AvgIpc) is 2.92. The van der Waals surface area contributed by atoms with Crippen LogP contribution in [-0.4, -0.2) is 10.9 Å². The molecule has 0 aliphatic heterocycles. The number of halogens is 3. The van der Waals surface area contributed by atoms with Crippen LogP contribution in [0.1, 0.15) is 21.9 Å². The Hall–Kier alpha value is -2.00. The molecule has 9 heteroatoms. The van der Waals surface area contributed by atoms with Crippen LogP contribution in [0.25, 0.3) is 0 Å². The molecular formula is C12H10F3N3O2S. The molecule has 2 aromatic rings. The number of nitrogens with one attached hydrogen (secondary N) is 1. The van der Waals surface area contributed by atoms with Gasteiger partial charge in [-0.25, -0.2) is 10.8 Å². The van der Waals surface area contributed by atoms with Gasteiger partial charge in [0.05, 0.1) is 16.3 Å². The first-order valence-electron chi connectivity index (χ1n) is 5.66. The summed E-state index contributed by atoms with van der Waals surface area (Å²) in [5.41, 5.74) is 1.13. The van der Waals surface area contributed by atoms with E-state index in [4.69, 9.17) is 10.3 Å². The largest absolute Gasteiger partial charge is 0.455 e. The maximum Gasteiger partial charge on any atom is 0.417 e. The molecule has 2 aromatic heterocycles. The Morgan fingerprint density at radius 2 is 2.10 bits per heavy atom. The first-order chi connectivity index (χ1) is 9.90. The van der Waals surface area contributed by atoms with Crippen molar-refractivity contribution in [1.29, 1.82) is 0 Å². The molecule has 2 heterocycles. The lowest BCUT2D eigenvalue weighted by Crippen LogP contribution is -2.29. The van der Waals surface area contributed by atoms with Crippen molar-refractivity contribution in [2.24, 2.45) is 5.84 Å². The number of rotatable bonds is 4. The van der Waals surface area contributed by atoms with Gasteiger partial charge >= 0.3 is 12.1 Å². The van der Waals surface area contributed by atoms with E-state index in [1.54, 1.807) is 6.07 Å². The molecule has 0 aliphatic rings. The number of thioether (sulfide) groups is 1. The van der Waals surface area contributed by atoms with Crippen molar-refractivity contribution in [2.75, 3.05) is 0 Å². The summed E-state index contributed by atoms with van der Waals surface area (Å²) in [6, 6.07) is 5.29. The van der Waals surface area contributed by atoms with Crippen LogP contribution in [0.5, 0.6) is 0 Å². The number of carbonyl (C=O) groups excluding carboxylic acids is 1. The van der Waals surface area contributed by atoms with Gasteiger partial charge in [0.25, 0.3) is 0 Å². The molecule has 0 radical (unpaired) electrons. The number of hydrazine groups is 1. The molecule has 0 saturated heterocycles. The quantitative estimate of drug-likeness (QED) is 0.392. The highest BCUT2D eigenvalue weighted by Gasteiger charge is 2.30. The highest BCUT2D eigenvalue weighted by molar-refractivity contribution is 7.98. The minimum absolute atomic E-state index is 0.0634. The van der Waals surface area contributed by atoms with Gasteiger partial charge in [-0.1, -0.05) is 11.8 Å². The van der Waals surface area contributed by atoms with Crippen LogP contribution in [-0.2, 0) is 11.9 Å². The number of hydrogen-bond donors (Lipinski definition) is 2. The molecule has 0 aromatic carbocycles. The number of pyridine rings is 1. The molecule has 0 spiro atoms. The molecule has 2 rings (SSSR count). The fourth-order valence-corrected chi connectivity index (χ4v) is 2.16. The zero-order valence-corrected chi connectivity index (χ0v) is 11.3. The van der Waals surface area contributed by atoms with Crippen LogP contribution < -0.4 is 11.3 Å². The van der Waals surface area contributed by atoms with Gasteiger partial charge in [0.1, 0.15) is 5.76 Å². The molecule has 0 unspecified atom stereocenters. The van der Waals surface area contributed by atoms with Crippen LogP contribution >= 0.6 is 11.8 Å². The predicted octanol–water partition coefficient (Wildman–Crippen LogP) is 2.59. The van der Waals surface area contributed by atoms with E-state index >= 15 is 0 Å². The summed E-state index contributed by atoms with van der Waals surface area (Å²) in [5.74, 6) is 5.28. The lowest BCUT2D eigenvalue weighted by Gasteiger charge is -2.06. The molecule has 21 heavy (non-hydrogen) atoms. The van der Waals surface area contributed by atoms with E-state index in [0.717, 1.165) is 12.3 Å². The van der Waals surface area contributed by atoms with E-state index in [1.807, 2.05) is 5.43 Å². The number of alkyl halides is 3. The summed E-state index contributed by atoms with van der Waals surface area (Å²) in [4.78, 5) is 14.9. The van der Waals surface area contributed by atoms with E-state index < -0.39 is 17.6 Å². The van der Waals surface area contributed by atoms with Crippen molar-refractivity contribution in [3.8, 4) is 0 Å². The number of hydrogen-bond acceptors (Lipinski definition) is 5. The Balaban J connectivity index is 1.97. The Labute approximate surface area is 121 Å². The van der Waals surface area contributed by atoms with E-state index in [9.17, 15) is 18.0 Å². The van der Waals surface area contributed by atoms with Gasteiger partial charge in [-0.15, -0.1) is 0 Å². The van der Waals surface area contributed by atoms with Gasteiger partial charge in [-0.2, -0.15) is 13.2 Å². The van der Waals surface area contributed by atoms with E-state index in [-0.39, 0.29) is 5.76 Å². The van der Waals surface area contributed by atoms with E-state index in [1.165, 1.54) is 23.9 Å². The highest BCUT2D eigenvalue weighted by Crippen LogP contribution is 2.30. The molecule has 1 amide bonds. The summed E-state index contributed by atoms with van der Waals surface area (Å²) >= 11 is 1.19. The SMILES string of the molecule is NNC(=O)c1ccc(CSc2ccc(C(F)(F)F)cn2)o1. The Morgan fingerprint density at radius 3 is 2.67 bits per heavy atom. The minimum Gasteiger partial charge on any atom is -0.455 e. The smallest absolute Gasteiger partial charge is 0.417 e. The molecule has 0 atom stereocenters. The number of nitrogens with two attached hydrogens (primary N) is 1. The number of aromatic nitrogens is 1. The second kappa shape index (κ2) is 6.19. The first-order valence-corrected chi connectivity index (χ1v) is 6.64. The summed E-state index contributed by atoms with van der Waals surface area (Å²) < 4.78 is 42.3. The summed E-state index contributed by atoms with van der Waals surface area (Å²) in [6.45, 7) is 0. The summed E-state index contributed by atoms with van der Waals surface area (Å²) in [6.07, 6.45) is -3.63. The molecule has 0 bridgehead atoms. The lowest BCUT2D eigenvalue weighted by atomic mass is 10.3. The van der Waals surface area contributed by atoms with Crippen molar-refractivity contribution < 1.29 is 22.4 Å². The zero-order chi connectivity index (χ0) is 15.5. The fraction of sp³-hybridized carbons (Fsp3) is 0.167. The Bertz CT molecular complexity index is 625. The van der Waals surface area contributed by atoms with Crippen LogP contribution in [0.2, 0.25) is 0 Å². The van der Waals surface area contributed by atoms with Crippen LogP contribution in [0.15, 0.2) is 39.9 Å². The second-order valence-corrected chi connectivity index (χ2v) is 4.91. The maximum absolute atomic E-state index is 12.4. The van der Waals surface area contributed by atoms with E-state index in [2.05, 4.69) is 4.98 Å². The molecule has 5 nitrogen and oxygen atoms in total. The topological polar surface area (TPSA) is 81.1 Å². The van der Waals surface area contributed by atoms with Gasteiger partial charge < -0.3 is 4.42 Å². The highest BCUT2D eigenvalue weighted by atomic mass is 32.2. The van der Waals surface area contributed by atoms with Crippen molar-refractivity contribution in [3.05, 3.63) is 47.5 Å². The van der Waals surface area contributed by atoms with Crippen molar-refractivity contribution in [3.63, 3.8) is 0 Å². The van der Waals surface area contributed by atoms with Crippen molar-refractivity contribution in [2.45, 2.75) is 17.0 Å². The number of carbonyl (C=O) groups is 1. The number of nitrogens with zero attached hydrogens (tertiary/aromatic N) is 1. The molecule has 0 fully saturated rings. The predicted molar refractivity (Wildman–Crippen MR) is 69.2 cm³/mol. The van der Waals surface area contributed by atoms with Crippen LogP contribution in [0.4, 0.5) is 13.2 Å². The Morgan fingerprint density at radius 1 is 1.33 bits per heavy atom. The first kappa shape index (κ1) is 15.4. The summed E-state index contributed by atoms with van der Waals surface area (Å²) in [7, 11) is 0.